The summed E-state index contributed by atoms with van der Waals surface area (Å²) < 4.78 is 16.6. The van der Waals surface area contributed by atoms with Crippen LogP contribution in [-0.4, -0.2) is 40.0 Å². The number of aromatic hydroxyl groups is 1. The van der Waals surface area contributed by atoms with Gasteiger partial charge in [-0.25, -0.2) is 0 Å². The van der Waals surface area contributed by atoms with Crippen LogP contribution in [0, 0.1) is 0 Å². The number of nitrogens with zero attached hydrogens (tertiary/aromatic N) is 1. The highest BCUT2D eigenvalue weighted by molar-refractivity contribution is 6.46. The maximum absolute atomic E-state index is 13.2. The monoisotopic (exact) mass is 477 g/mol. The van der Waals surface area contributed by atoms with Crippen LogP contribution in [0.2, 0.25) is 0 Å². The number of phenols is 1. The molecule has 3 aromatic rings. The average molecular weight is 478 g/mol. The molecule has 0 spiro atoms. The summed E-state index contributed by atoms with van der Waals surface area (Å²) in [6, 6.07) is 13.8. The molecule has 2 heterocycles. The standard InChI is InChI=1S/C27H27NO7/c1-3-12-34-19-8-5-7-18(14-19)25(30)23-24(17-10-11-21(29)22(15-17)33-4-2)28(27(32)26(23)31)16-20-9-6-13-35-20/h5-11,13-15,24,29-30H,3-4,12,16H2,1-2H3/b25-23+. The van der Waals surface area contributed by atoms with E-state index in [0.717, 1.165) is 6.42 Å². The number of aliphatic hydroxyl groups is 1. The number of carbonyl (C=O) groups excluding carboxylic acids is 2. The van der Waals surface area contributed by atoms with Crippen LogP contribution in [0.4, 0.5) is 0 Å². The highest BCUT2D eigenvalue weighted by Gasteiger charge is 2.46. The van der Waals surface area contributed by atoms with Crippen LogP contribution < -0.4 is 9.47 Å². The molecule has 1 amide bonds. The maximum Gasteiger partial charge on any atom is 0.296 e. The van der Waals surface area contributed by atoms with E-state index in [9.17, 15) is 19.8 Å². The van der Waals surface area contributed by atoms with Crippen molar-refractivity contribution in [1.29, 1.82) is 0 Å². The Balaban J connectivity index is 1.85. The molecule has 0 bridgehead atoms. The van der Waals surface area contributed by atoms with Crippen LogP contribution >= 0.6 is 0 Å². The number of rotatable bonds is 9. The Kier molecular flexibility index (Phi) is 7.10. The van der Waals surface area contributed by atoms with Crippen LogP contribution in [0.1, 0.15) is 43.2 Å². The summed E-state index contributed by atoms with van der Waals surface area (Å²) in [5, 5.41) is 21.5. The van der Waals surface area contributed by atoms with Crippen molar-refractivity contribution in [1.82, 2.24) is 4.90 Å². The molecule has 35 heavy (non-hydrogen) atoms. The lowest BCUT2D eigenvalue weighted by Gasteiger charge is -2.25. The Morgan fingerprint density at radius 1 is 1.06 bits per heavy atom. The lowest BCUT2D eigenvalue weighted by molar-refractivity contribution is -0.140. The number of amides is 1. The van der Waals surface area contributed by atoms with Gasteiger partial charge in [-0.15, -0.1) is 0 Å². The minimum absolute atomic E-state index is 0.0174. The van der Waals surface area contributed by atoms with E-state index in [-0.39, 0.29) is 29.4 Å². The van der Waals surface area contributed by atoms with Crippen molar-refractivity contribution in [3.05, 3.63) is 83.3 Å². The number of furan rings is 1. The quantitative estimate of drug-likeness (QED) is 0.259. The van der Waals surface area contributed by atoms with Gasteiger partial charge in [0.15, 0.2) is 11.5 Å². The van der Waals surface area contributed by atoms with Gasteiger partial charge in [0, 0.05) is 5.56 Å². The van der Waals surface area contributed by atoms with Crippen molar-refractivity contribution in [3.63, 3.8) is 0 Å². The zero-order valence-corrected chi connectivity index (χ0v) is 19.6. The smallest absolute Gasteiger partial charge is 0.296 e. The van der Waals surface area contributed by atoms with Gasteiger partial charge in [0.25, 0.3) is 11.7 Å². The minimum Gasteiger partial charge on any atom is -0.507 e. The Hall–Kier alpha value is -4.20. The normalized spacial score (nSPS) is 17.1. The molecule has 4 rings (SSSR count). The molecule has 0 saturated carbocycles. The van der Waals surface area contributed by atoms with Crippen LogP contribution in [0.15, 0.2) is 70.9 Å². The number of aliphatic hydroxyl groups excluding tert-OH is 1. The average Bonchev–Trinajstić information content (AvgIpc) is 3.46. The van der Waals surface area contributed by atoms with Crippen molar-refractivity contribution in [2.45, 2.75) is 32.9 Å². The molecule has 1 fully saturated rings. The third-order valence-corrected chi connectivity index (χ3v) is 5.63. The van der Waals surface area contributed by atoms with Crippen LogP contribution in [0.25, 0.3) is 5.76 Å². The van der Waals surface area contributed by atoms with Gasteiger partial charge in [0.1, 0.15) is 17.3 Å². The second-order valence-corrected chi connectivity index (χ2v) is 8.04. The van der Waals surface area contributed by atoms with Gasteiger partial charge in [0.05, 0.1) is 37.6 Å². The number of hydrogen-bond donors (Lipinski definition) is 2. The zero-order chi connectivity index (χ0) is 24.9. The number of Topliss-reactive ketones (excluding diaryl/α,β-unsaturated/α-hetero) is 1. The lowest BCUT2D eigenvalue weighted by atomic mass is 9.95. The number of ether oxygens (including phenoxy) is 2. The number of likely N-dealkylation sites (tertiary alicyclic amines) is 1. The predicted molar refractivity (Wildman–Crippen MR) is 128 cm³/mol. The van der Waals surface area contributed by atoms with Gasteiger partial charge in [-0.1, -0.05) is 25.1 Å². The summed E-state index contributed by atoms with van der Waals surface area (Å²) in [7, 11) is 0. The molecule has 0 aliphatic carbocycles. The molecule has 1 aliphatic heterocycles. The largest absolute Gasteiger partial charge is 0.507 e. The summed E-state index contributed by atoms with van der Waals surface area (Å²) >= 11 is 0. The molecule has 2 aromatic carbocycles. The van der Waals surface area contributed by atoms with Gasteiger partial charge >= 0.3 is 0 Å². The van der Waals surface area contributed by atoms with E-state index >= 15 is 0 Å². The van der Waals surface area contributed by atoms with Gasteiger partial charge < -0.3 is 29.0 Å². The van der Waals surface area contributed by atoms with E-state index in [1.165, 1.54) is 17.2 Å². The van der Waals surface area contributed by atoms with Gasteiger partial charge in [-0.2, -0.15) is 0 Å². The minimum atomic E-state index is -0.930. The highest BCUT2D eigenvalue weighted by atomic mass is 16.5. The molecule has 1 saturated heterocycles. The van der Waals surface area contributed by atoms with Crippen molar-refractivity contribution in [2.24, 2.45) is 0 Å². The Bertz CT molecular complexity index is 1250. The molecule has 8 nitrogen and oxygen atoms in total. The SMILES string of the molecule is CCCOc1cccc(/C(O)=C2\C(=O)C(=O)N(Cc3ccco3)C2c2ccc(O)c(OCC)c2)c1. The summed E-state index contributed by atoms with van der Waals surface area (Å²) in [5.41, 5.74) is 0.780. The first-order valence-electron chi connectivity index (χ1n) is 11.4. The van der Waals surface area contributed by atoms with Crippen molar-refractivity contribution < 1.29 is 33.7 Å². The van der Waals surface area contributed by atoms with Crippen LogP contribution in [0.3, 0.4) is 0 Å². The topological polar surface area (TPSA) is 109 Å². The number of phenolic OH excluding ortho intramolecular Hbond substituents is 1. The first-order valence-corrected chi connectivity index (χ1v) is 11.4. The van der Waals surface area contributed by atoms with Gasteiger partial charge in [-0.3, -0.25) is 9.59 Å². The number of benzene rings is 2. The Morgan fingerprint density at radius 2 is 1.89 bits per heavy atom. The molecule has 1 aromatic heterocycles. The Labute approximate surface area is 203 Å². The third kappa shape index (κ3) is 4.87. The van der Waals surface area contributed by atoms with Crippen molar-refractivity contribution in [2.75, 3.05) is 13.2 Å². The Morgan fingerprint density at radius 3 is 2.60 bits per heavy atom. The van der Waals surface area contributed by atoms with E-state index in [4.69, 9.17) is 13.9 Å². The molecule has 0 radical (unpaired) electrons. The molecule has 2 N–H and O–H groups in total. The van der Waals surface area contributed by atoms with Crippen molar-refractivity contribution in [3.8, 4) is 17.2 Å². The molecule has 8 heteroatoms. The van der Waals surface area contributed by atoms with E-state index in [2.05, 4.69) is 0 Å². The summed E-state index contributed by atoms with van der Waals surface area (Å²) in [4.78, 5) is 27.7. The summed E-state index contributed by atoms with van der Waals surface area (Å²) in [6.07, 6.45) is 2.30. The first-order chi connectivity index (χ1) is 16.9. The number of hydrogen-bond acceptors (Lipinski definition) is 7. The number of ketones is 1. The second-order valence-electron chi connectivity index (χ2n) is 8.04. The molecular weight excluding hydrogens is 450 g/mol. The second kappa shape index (κ2) is 10.4. The maximum atomic E-state index is 13.2. The highest BCUT2D eigenvalue weighted by Crippen LogP contribution is 2.42. The van der Waals surface area contributed by atoms with E-state index in [1.54, 1.807) is 55.5 Å². The zero-order valence-electron chi connectivity index (χ0n) is 19.6. The van der Waals surface area contributed by atoms with Gasteiger partial charge in [0.2, 0.25) is 0 Å². The fraction of sp³-hybridized carbons (Fsp3) is 0.259. The number of carbonyl (C=O) groups is 2. The van der Waals surface area contributed by atoms with Crippen molar-refractivity contribution >= 4 is 17.4 Å². The molecule has 1 aliphatic rings. The molecular formula is C27H27NO7. The lowest BCUT2D eigenvalue weighted by Crippen LogP contribution is -2.29. The molecule has 1 unspecified atom stereocenters. The summed E-state index contributed by atoms with van der Waals surface area (Å²) in [6.45, 7) is 4.60. The first kappa shape index (κ1) is 23.9. The summed E-state index contributed by atoms with van der Waals surface area (Å²) in [5.74, 6) is -0.732. The van der Waals surface area contributed by atoms with E-state index < -0.39 is 17.7 Å². The third-order valence-electron chi connectivity index (χ3n) is 5.63. The fourth-order valence-electron chi connectivity index (χ4n) is 4.04. The van der Waals surface area contributed by atoms with E-state index in [0.29, 0.717) is 35.9 Å². The van der Waals surface area contributed by atoms with Crippen LogP contribution in [-0.2, 0) is 16.1 Å². The molecule has 182 valence electrons. The molecule has 1 atom stereocenters. The van der Waals surface area contributed by atoms with E-state index in [1.807, 2.05) is 6.92 Å². The van der Waals surface area contributed by atoms with Crippen LogP contribution in [0.5, 0.6) is 17.2 Å². The van der Waals surface area contributed by atoms with Gasteiger partial charge in [-0.05, 0) is 55.3 Å². The predicted octanol–water partition coefficient (Wildman–Crippen LogP) is 4.79. The fourth-order valence-corrected chi connectivity index (χ4v) is 4.04.